The third kappa shape index (κ3) is 5.45. The number of nitrogens with one attached hydrogen (secondary N) is 1. The van der Waals surface area contributed by atoms with Crippen molar-refractivity contribution >= 4 is 40.4 Å². The molecular weight excluding hydrogens is 548 g/mol. The minimum absolute atomic E-state index is 0.0306. The normalized spacial score (nSPS) is 20.0. The summed E-state index contributed by atoms with van der Waals surface area (Å²) < 4.78 is 5.82. The molecule has 0 bridgehead atoms. The molecule has 1 unspecified atom stereocenters. The predicted molar refractivity (Wildman–Crippen MR) is 168 cm³/mol. The molecule has 6 rings (SSSR count). The molecule has 0 aromatic heterocycles. The van der Waals surface area contributed by atoms with E-state index >= 15 is 0 Å². The number of Topliss-reactive ketones (excluding diaryl/α,β-unsaturated/α-hetero) is 1. The van der Waals surface area contributed by atoms with E-state index < -0.39 is 6.04 Å². The van der Waals surface area contributed by atoms with Gasteiger partial charge in [-0.05, 0) is 48.2 Å². The van der Waals surface area contributed by atoms with E-state index in [1.807, 2.05) is 71.6 Å². The highest BCUT2D eigenvalue weighted by molar-refractivity contribution is 6.30. The molecule has 7 nitrogen and oxygen atoms in total. The molecule has 1 amide bonds. The number of ketones is 1. The fourth-order valence-electron chi connectivity index (χ4n) is 6.58. The van der Waals surface area contributed by atoms with E-state index in [0.717, 1.165) is 47.8 Å². The molecular formula is C34H37ClN4O3. The quantitative estimate of drug-likeness (QED) is 0.379. The molecule has 3 aliphatic rings. The molecule has 2 heterocycles. The summed E-state index contributed by atoms with van der Waals surface area (Å²) in [5.41, 5.74) is 5.19. The van der Waals surface area contributed by atoms with Crippen LogP contribution in [0, 0.1) is 5.41 Å². The second-order valence-electron chi connectivity index (χ2n) is 12.1. The summed E-state index contributed by atoms with van der Waals surface area (Å²) in [4.78, 5) is 34.3. The van der Waals surface area contributed by atoms with Crippen LogP contribution >= 0.6 is 11.6 Å². The van der Waals surface area contributed by atoms with Crippen LogP contribution in [0.4, 0.5) is 17.1 Å². The maximum absolute atomic E-state index is 14.1. The molecule has 0 saturated carbocycles. The zero-order valence-corrected chi connectivity index (χ0v) is 25.2. The van der Waals surface area contributed by atoms with Crippen LogP contribution in [0.1, 0.15) is 38.3 Å². The summed E-state index contributed by atoms with van der Waals surface area (Å²) in [7, 11) is 1.65. The summed E-state index contributed by atoms with van der Waals surface area (Å²) in [5.74, 6) is 0.826. The molecule has 2 aliphatic heterocycles. The Labute approximate surface area is 252 Å². The van der Waals surface area contributed by atoms with Crippen LogP contribution in [-0.4, -0.2) is 56.4 Å². The number of allylic oxidation sites excluding steroid dienone is 1. The average molecular weight is 585 g/mol. The van der Waals surface area contributed by atoms with E-state index in [1.54, 1.807) is 7.11 Å². The topological polar surface area (TPSA) is 65.1 Å². The summed E-state index contributed by atoms with van der Waals surface area (Å²) in [6.07, 6.45) is 1.18. The molecule has 1 saturated heterocycles. The average Bonchev–Trinajstić information content (AvgIpc) is 3.11. The first kappa shape index (κ1) is 28.2. The first-order valence-electron chi connectivity index (χ1n) is 14.5. The van der Waals surface area contributed by atoms with E-state index in [0.29, 0.717) is 35.9 Å². The van der Waals surface area contributed by atoms with E-state index in [-0.39, 0.29) is 23.7 Å². The van der Waals surface area contributed by atoms with Gasteiger partial charge in [-0.3, -0.25) is 9.59 Å². The molecule has 0 spiro atoms. The molecule has 3 aromatic carbocycles. The van der Waals surface area contributed by atoms with Crippen LogP contribution in [0.25, 0.3) is 0 Å². The van der Waals surface area contributed by atoms with Crippen LogP contribution < -0.4 is 19.9 Å². The zero-order valence-electron chi connectivity index (χ0n) is 24.4. The lowest BCUT2D eigenvalue weighted by atomic mass is 9.73. The fraction of sp³-hybridized carbons (Fsp3) is 0.353. The maximum Gasteiger partial charge on any atom is 0.242 e. The van der Waals surface area contributed by atoms with Crippen molar-refractivity contribution in [3.05, 3.63) is 94.7 Å². The number of nitrogens with zero attached hydrogens (tertiary/aromatic N) is 3. The van der Waals surface area contributed by atoms with Gasteiger partial charge in [-0.2, -0.15) is 0 Å². The van der Waals surface area contributed by atoms with E-state index in [9.17, 15) is 9.59 Å². The smallest absolute Gasteiger partial charge is 0.242 e. The number of para-hydroxylation sites is 3. The highest BCUT2D eigenvalue weighted by Crippen LogP contribution is 2.49. The summed E-state index contributed by atoms with van der Waals surface area (Å²) in [6.45, 7) is 7.07. The lowest BCUT2D eigenvalue weighted by Crippen LogP contribution is -2.52. The van der Waals surface area contributed by atoms with Crippen molar-refractivity contribution in [1.82, 2.24) is 4.90 Å². The number of anilines is 3. The summed E-state index contributed by atoms with van der Waals surface area (Å²) >= 11 is 6.23. The molecule has 1 aliphatic carbocycles. The summed E-state index contributed by atoms with van der Waals surface area (Å²) in [5, 5.41) is 4.33. The minimum atomic E-state index is -0.479. The number of ether oxygens (including phenoxy) is 1. The first-order chi connectivity index (χ1) is 20.2. The van der Waals surface area contributed by atoms with Gasteiger partial charge in [0.05, 0.1) is 31.1 Å². The Morgan fingerprint density at radius 3 is 2.48 bits per heavy atom. The number of hydrogen-bond acceptors (Lipinski definition) is 6. The minimum Gasteiger partial charge on any atom is -0.496 e. The maximum atomic E-state index is 14.1. The van der Waals surface area contributed by atoms with Crippen molar-refractivity contribution in [1.29, 1.82) is 0 Å². The van der Waals surface area contributed by atoms with Crippen molar-refractivity contribution in [3.63, 3.8) is 0 Å². The van der Waals surface area contributed by atoms with Crippen molar-refractivity contribution in [2.45, 2.75) is 32.7 Å². The molecule has 1 atom stereocenters. The monoisotopic (exact) mass is 584 g/mol. The van der Waals surface area contributed by atoms with Gasteiger partial charge in [0, 0.05) is 60.1 Å². The second kappa shape index (κ2) is 11.4. The van der Waals surface area contributed by atoms with Gasteiger partial charge in [0.25, 0.3) is 0 Å². The third-order valence-electron chi connectivity index (χ3n) is 8.55. The first-order valence-corrected chi connectivity index (χ1v) is 14.9. The van der Waals surface area contributed by atoms with Crippen molar-refractivity contribution < 1.29 is 14.3 Å². The van der Waals surface area contributed by atoms with Gasteiger partial charge in [0.1, 0.15) is 5.75 Å². The second-order valence-corrected chi connectivity index (χ2v) is 12.5. The SMILES string of the molecule is COc1ccccc1C1C2=C(CC(C)(C)CC2=O)Nc2ccccc2N1CC(=O)N1CCN(c2cccc(Cl)c2)CC1. The highest BCUT2D eigenvalue weighted by atomic mass is 35.5. The van der Waals surface area contributed by atoms with Gasteiger partial charge in [0.2, 0.25) is 5.91 Å². The lowest BCUT2D eigenvalue weighted by molar-refractivity contribution is -0.130. The number of hydrogen-bond donors (Lipinski definition) is 1. The number of halogens is 1. The number of fused-ring (bicyclic) bond motifs is 1. The summed E-state index contributed by atoms with van der Waals surface area (Å²) in [6, 6.07) is 23.2. The van der Waals surface area contributed by atoms with Crippen LogP contribution in [0.3, 0.4) is 0 Å². The van der Waals surface area contributed by atoms with Crippen LogP contribution in [-0.2, 0) is 9.59 Å². The predicted octanol–water partition coefficient (Wildman–Crippen LogP) is 6.31. The van der Waals surface area contributed by atoms with Gasteiger partial charge >= 0.3 is 0 Å². The molecule has 42 heavy (non-hydrogen) atoms. The van der Waals surface area contributed by atoms with Crippen molar-refractivity contribution in [2.24, 2.45) is 5.41 Å². The van der Waals surface area contributed by atoms with Gasteiger partial charge in [-0.15, -0.1) is 0 Å². The number of carbonyl (C=O) groups is 2. The Bertz CT molecular complexity index is 1540. The largest absolute Gasteiger partial charge is 0.496 e. The molecule has 1 fully saturated rings. The number of rotatable bonds is 5. The number of piperazine rings is 1. The van der Waals surface area contributed by atoms with E-state index in [2.05, 4.69) is 35.0 Å². The van der Waals surface area contributed by atoms with Crippen molar-refractivity contribution in [2.75, 3.05) is 55.0 Å². The zero-order chi connectivity index (χ0) is 29.4. The molecule has 3 aromatic rings. The van der Waals surface area contributed by atoms with Gasteiger partial charge in [-0.25, -0.2) is 0 Å². The Morgan fingerprint density at radius 1 is 0.976 bits per heavy atom. The van der Waals surface area contributed by atoms with Gasteiger partial charge in [-0.1, -0.05) is 61.8 Å². The number of amides is 1. The molecule has 218 valence electrons. The highest BCUT2D eigenvalue weighted by Gasteiger charge is 2.43. The molecule has 8 heteroatoms. The van der Waals surface area contributed by atoms with E-state index in [4.69, 9.17) is 16.3 Å². The Morgan fingerprint density at radius 2 is 1.71 bits per heavy atom. The van der Waals surface area contributed by atoms with Gasteiger partial charge in [0.15, 0.2) is 5.78 Å². The molecule has 1 N–H and O–H groups in total. The lowest BCUT2D eigenvalue weighted by Gasteiger charge is -2.40. The van der Waals surface area contributed by atoms with Crippen LogP contribution in [0.15, 0.2) is 84.1 Å². The van der Waals surface area contributed by atoms with Crippen LogP contribution in [0.5, 0.6) is 5.75 Å². The van der Waals surface area contributed by atoms with E-state index in [1.165, 1.54) is 0 Å². The number of methoxy groups -OCH3 is 1. The van der Waals surface area contributed by atoms with Gasteiger partial charge < -0.3 is 24.8 Å². The number of carbonyl (C=O) groups excluding carboxylic acids is 2. The standard InChI is InChI=1S/C34H37ClN4O3/c1-34(2)20-27-32(29(40)21-34)33(25-11-4-7-14-30(25)42-3)39(28-13-6-5-12-26(28)36-27)22-31(41)38-17-15-37(16-18-38)24-10-8-9-23(35)19-24/h4-14,19,33,36H,15-18,20-22H2,1-3H3. The Hall–Kier alpha value is -3.97. The Kier molecular flexibility index (Phi) is 7.62. The fourth-order valence-corrected chi connectivity index (χ4v) is 6.76. The van der Waals surface area contributed by atoms with Crippen LogP contribution in [0.2, 0.25) is 5.02 Å². The van der Waals surface area contributed by atoms with Crippen molar-refractivity contribution in [3.8, 4) is 5.75 Å². The third-order valence-corrected chi connectivity index (χ3v) is 8.78. The number of benzene rings is 3. The Balaban J connectivity index is 1.37. The molecule has 0 radical (unpaired) electrons.